The lowest BCUT2D eigenvalue weighted by atomic mass is 10.4. The first-order chi connectivity index (χ1) is 10.3. The quantitative estimate of drug-likeness (QED) is 0.810. The lowest BCUT2D eigenvalue weighted by Crippen LogP contribution is -2.21. The van der Waals surface area contributed by atoms with E-state index in [1.165, 1.54) is 4.88 Å². The largest absolute Gasteiger partial charge is 0.476 e. The molecule has 2 rings (SSSR count). The minimum atomic E-state index is 0.609. The molecule has 5 nitrogen and oxygen atoms in total. The summed E-state index contributed by atoms with van der Waals surface area (Å²) < 4.78 is 5.51. The number of aromatic nitrogens is 2. The SMILES string of the molecule is CCOc1ncccc1NCc1cnc(N(CC)CC)s1. The molecule has 2 aromatic heterocycles. The van der Waals surface area contributed by atoms with Crippen molar-refractivity contribution in [3.05, 3.63) is 29.4 Å². The van der Waals surface area contributed by atoms with Crippen LogP contribution in [-0.2, 0) is 6.54 Å². The summed E-state index contributed by atoms with van der Waals surface area (Å²) in [5, 5.41) is 4.44. The zero-order valence-electron chi connectivity index (χ0n) is 12.8. The van der Waals surface area contributed by atoms with Crippen molar-refractivity contribution in [2.45, 2.75) is 27.3 Å². The van der Waals surface area contributed by atoms with E-state index in [0.717, 1.165) is 30.5 Å². The van der Waals surface area contributed by atoms with Crippen LogP contribution in [0.4, 0.5) is 10.8 Å². The predicted octanol–water partition coefficient (Wildman–Crippen LogP) is 3.40. The molecule has 0 aliphatic carbocycles. The molecule has 0 unspecified atom stereocenters. The van der Waals surface area contributed by atoms with Crippen molar-refractivity contribution in [2.24, 2.45) is 0 Å². The second-order valence-corrected chi connectivity index (χ2v) is 5.52. The van der Waals surface area contributed by atoms with E-state index >= 15 is 0 Å². The first-order valence-electron chi connectivity index (χ1n) is 7.29. The van der Waals surface area contributed by atoms with Gasteiger partial charge in [-0.1, -0.05) is 0 Å². The minimum absolute atomic E-state index is 0.609. The molecule has 0 atom stereocenters. The molecule has 2 heterocycles. The van der Waals surface area contributed by atoms with Crippen molar-refractivity contribution >= 4 is 22.2 Å². The molecule has 114 valence electrons. The molecular weight excluding hydrogens is 284 g/mol. The Morgan fingerprint density at radius 3 is 2.76 bits per heavy atom. The van der Waals surface area contributed by atoms with E-state index in [1.807, 2.05) is 25.3 Å². The lowest BCUT2D eigenvalue weighted by Gasteiger charge is -2.16. The lowest BCUT2D eigenvalue weighted by molar-refractivity contribution is 0.328. The van der Waals surface area contributed by atoms with Gasteiger partial charge in [-0.3, -0.25) is 0 Å². The number of rotatable bonds is 8. The number of nitrogens with zero attached hydrogens (tertiary/aromatic N) is 3. The maximum Gasteiger partial charge on any atom is 0.237 e. The standard InChI is InChI=1S/C15H22N4OS/c1-4-19(5-2)15-18-11-12(21-15)10-17-13-8-7-9-16-14(13)20-6-3/h7-9,11,17H,4-6,10H2,1-3H3. The van der Waals surface area contributed by atoms with E-state index in [1.54, 1.807) is 17.5 Å². The highest BCUT2D eigenvalue weighted by atomic mass is 32.1. The third-order valence-corrected chi connectivity index (χ3v) is 4.14. The van der Waals surface area contributed by atoms with E-state index in [0.29, 0.717) is 12.5 Å². The average Bonchev–Trinajstić information content (AvgIpc) is 2.97. The number of hydrogen-bond acceptors (Lipinski definition) is 6. The van der Waals surface area contributed by atoms with Gasteiger partial charge in [-0.15, -0.1) is 11.3 Å². The van der Waals surface area contributed by atoms with Crippen molar-refractivity contribution in [3.63, 3.8) is 0 Å². The molecule has 2 aromatic rings. The van der Waals surface area contributed by atoms with Crippen LogP contribution >= 0.6 is 11.3 Å². The molecule has 0 aliphatic heterocycles. The fourth-order valence-corrected chi connectivity index (χ4v) is 2.96. The molecular formula is C15H22N4OS. The number of thiazole rings is 1. The molecule has 0 amide bonds. The summed E-state index contributed by atoms with van der Waals surface area (Å²) in [5.74, 6) is 0.647. The van der Waals surface area contributed by atoms with Gasteiger partial charge in [-0.05, 0) is 32.9 Å². The Balaban J connectivity index is 2.00. The van der Waals surface area contributed by atoms with Gasteiger partial charge in [0.05, 0.1) is 18.8 Å². The summed E-state index contributed by atoms with van der Waals surface area (Å²) in [6.07, 6.45) is 3.67. The molecule has 0 saturated heterocycles. The fourth-order valence-electron chi connectivity index (χ4n) is 1.98. The Labute approximate surface area is 130 Å². The Kier molecular flexibility index (Phi) is 5.80. The molecule has 0 radical (unpaired) electrons. The van der Waals surface area contributed by atoms with Crippen LogP contribution < -0.4 is 15.0 Å². The van der Waals surface area contributed by atoms with Crippen molar-refractivity contribution in [3.8, 4) is 5.88 Å². The monoisotopic (exact) mass is 306 g/mol. The molecule has 0 aromatic carbocycles. The number of anilines is 2. The topological polar surface area (TPSA) is 50.3 Å². The Morgan fingerprint density at radius 2 is 2.05 bits per heavy atom. The molecule has 0 spiro atoms. The number of hydrogen-bond donors (Lipinski definition) is 1. The van der Waals surface area contributed by atoms with Gasteiger partial charge >= 0.3 is 0 Å². The van der Waals surface area contributed by atoms with Crippen LogP contribution in [0.5, 0.6) is 5.88 Å². The zero-order chi connectivity index (χ0) is 15.1. The number of ether oxygens (including phenoxy) is 1. The molecule has 0 saturated carbocycles. The first kappa shape index (κ1) is 15.6. The summed E-state index contributed by atoms with van der Waals surface area (Å²) in [6.45, 7) is 9.54. The highest BCUT2D eigenvalue weighted by molar-refractivity contribution is 7.15. The van der Waals surface area contributed by atoms with E-state index in [-0.39, 0.29) is 0 Å². The van der Waals surface area contributed by atoms with Gasteiger partial charge in [0.2, 0.25) is 5.88 Å². The minimum Gasteiger partial charge on any atom is -0.476 e. The smallest absolute Gasteiger partial charge is 0.237 e. The summed E-state index contributed by atoms with van der Waals surface area (Å²) in [4.78, 5) is 12.2. The fraction of sp³-hybridized carbons (Fsp3) is 0.467. The third kappa shape index (κ3) is 4.07. The molecule has 1 N–H and O–H groups in total. The Hall–Kier alpha value is -1.82. The van der Waals surface area contributed by atoms with Crippen LogP contribution in [0.2, 0.25) is 0 Å². The predicted molar refractivity (Wildman–Crippen MR) is 88.4 cm³/mol. The van der Waals surface area contributed by atoms with Crippen molar-refractivity contribution < 1.29 is 4.74 Å². The highest BCUT2D eigenvalue weighted by Crippen LogP contribution is 2.25. The van der Waals surface area contributed by atoms with Crippen molar-refractivity contribution in [2.75, 3.05) is 29.9 Å². The van der Waals surface area contributed by atoms with Gasteiger partial charge in [0.25, 0.3) is 0 Å². The van der Waals surface area contributed by atoms with Gasteiger partial charge in [0.15, 0.2) is 5.13 Å². The Morgan fingerprint density at radius 1 is 1.24 bits per heavy atom. The van der Waals surface area contributed by atoms with Crippen LogP contribution in [0, 0.1) is 0 Å². The van der Waals surface area contributed by atoms with E-state index in [4.69, 9.17) is 4.74 Å². The highest BCUT2D eigenvalue weighted by Gasteiger charge is 2.09. The molecule has 21 heavy (non-hydrogen) atoms. The van der Waals surface area contributed by atoms with Gasteiger partial charge in [-0.25, -0.2) is 9.97 Å². The van der Waals surface area contributed by atoms with Crippen LogP contribution in [0.15, 0.2) is 24.5 Å². The van der Waals surface area contributed by atoms with Crippen LogP contribution in [-0.4, -0.2) is 29.7 Å². The first-order valence-corrected chi connectivity index (χ1v) is 8.11. The second-order valence-electron chi connectivity index (χ2n) is 4.42. The Bertz CT molecular complexity index is 554. The van der Waals surface area contributed by atoms with Crippen LogP contribution in [0.25, 0.3) is 0 Å². The zero-order valence-corrected chi connectivity index (χ0v) is 13.6. The van der Waals surface area contributed by atoms with Gasteiger partial charge in [-0.2, -0.15) is 0 Å². The molecule has 0 aliphatic rings. The molecule has 6 heteroatoms. The summed E-state index contributed by atoms with van der Waals surface area (Å²) >= 11 is 1.72. The third-order valence-electron chi connectivity index (χ3n) is 3.08. The average molecular weight is 306 g/mol. The second kappa shape index (κ2) is 7.83. The van der Waals surface area contributed by atoms with E-state index in [9.17, 15) is 0 Å². The van der Waals surface area contributed by atoms with Gasteiger partial charge < -0.3 is 15.0 Å². The van der Waals surface area contributed by atoms with E-state index in [2.05, 4.69) is 34.0 Å². The van der Waals surface area contributed by atoms with Crippen molar-refractivity contribution in [1.29, 1.82) is 0 Å². The van der Waals surface area contributed by atoms with Crippen molar-refractivity contribution in [1.82, 2.24) is 9.97 Å². The summed E-state index contributed by atoms with van der Waals surface area (Å²) in [7, 11) is 0. The van der Waals surface area contributed by atoms with Gasteiger partial charge in [0.1, 0.15) is 0 Å². The number of nitrogens with one attached hydrogen (secondary N) is 1. The summed E-state index contributed by atoms with van der Waals surface area (Å²) in [6, 6.07) is 3.88. The van der Waals surface area contributed by atoms with Gasteiger partial charge in [0, 0.05) is 30.4 Å². The molecule has 0 fully saturated rings. The maximum absolute atomic E-state index is 5.51. The molecule has 0 bridgehead atoms. The van der Waals surface area contributed by atoms with Crippen LogP contribution in [0.1, 0.15) is 25.6 Å². The maximum atomic E-state index is 5.51. The van der Waals surface area contributed by atoms with Crippen LogP contribution in [0.3, 0.4) is 0 Å². The van der Waals surface area contributed by atoms with E-state index < -0.39 is 0 Å². The number of pyridine rings is 1. The summed E-state index contributed by atoms with van der Waals surface area (Å²) in [5.41, 5.74) is 0.914. The normalized spacial score (nSPS) is 10.4.